The molecular weight excluding hydrogens is 937 g/mol. The summed E-state index contributed by atoms with van der Waals surface area (Å²) in [4.78, 5) is 0. The molecule has 0 aromatic carbocycles. The molecule has 0 aromatic rings. The summed E-state index contributed by atoms with van der Waals surface area (Å²) >= 11 is 0. The maximum Gasteiger partial charge on any atom is 0 e. The average molecular weight is 941 g/mol. The molecule has 0 saturated heterocycles. The van der Waals surface area contributed by atoms with Crippen LogP contribution in [0.2, 0.25) is 0 Å². The van der Waals surface area contributed by atoms with Gasteiger partial charge >= 0.3 is 0 Å². The Bertz CT molecular complexity index is 5550. The molecule has 0 aliphatic heterocycles. The molecule has 0 saturated carbocycles. The molecule has 0 unspecified atom stereocenters. The minimum absolute atomic E-state index is 2.37. The van der Waals surface area contributed by atoms with Crippen molar-refractivity contribution in [3.63, 3.8) is 0 Å². The fraction of sp³-hybridized carbons (Fsp3) is 0. The highest BCUT2D eigenvalue weighted by Crippen LogP contribution is 1.64. The Kier molecular flexibility index (Phi) is 47.0. The first-order valence-electron chi connectivity index (χ1n) is 19.5. The predicted molar refractivity (Wildman–Crippen MR) is 278 cm³/mol. The van der Waals surface area contributed by atoms with Crippen LogP contribution in [-0.2, 0) is 0 Å². The molecule has 316 valence electrons. The van der Waals surface area contributed by atoms with E-state index in [-0.39, 0.29) is 0 Å². The normalized spacial score (nSPS) is 3.95. The Balaban J connectivity index is 6.15. The zero-order chi connectivity index (χ0) is 55.7. The van der Waals surface area contributed by atoms with Gasteiger partial charge in [-0.15, -0.1) is 0 Å². The Morgan fingerprint density at radius 2 is 0.103 bits per heavy atom. The van der Waals surface area contributed by atoms with Crippen LogP contribution in [0.4, 0.5) is 0 Å². The van der Waals surface area contributed by atoms with E-state index < -0.39 is 0 Å². The summed E-state index contributed by atoms with van der Waals surface area (Å²) in [5.41, 5.74) is 189. The second-order valence-corrected chi connectivity index (χ2v) is 9.60. The van der Waals surface area contributed by atoms with Gasteiger partial charge in [0, 0.05) is 332 Å². The molecular formula is C78H4. The molecule has 0 atom stereocenters. The van der Waals surface area contributed by atoms with Gasteiger partial charge in [0.25, 0.3) is 0 Å². The molecule has 0 heterocycles. The van der Waals surface area contributed by atoms with Gasteiger partial charge in [-0.05, 0) is 105 Å². The summed E-state index contributed by atoms with van der Waals surface area (Å²) < 4.78 is 0. The van der Waals surface area contributed by atoms with Gasteiger partial charge in [0.05, 0.1) is 0 Å². The predicted octanol–water partition coefficient (Wildman–Crippen LogP) is 12.6. The smallest absolute Gasteiger partial charge is 0 e. The summed E-state index contributed by atoms with van der Waals surface area (Å²) in [5.74, 6) is 0. The van der Waals surface area contributed by atoms with Gasteiger partial charge in [-0.3, -0.25) is 0 Å². The first kappa shape index (κ1) is 61.0. The van der Waals surface area contributed by atoms with Gasteiger partial charge in [0.15, 0.2) is 0 Å². The summed E-state index contributed by atoms with van der Waals surface area (Å²) in [5, 5.41) is 0. The zero-order valence-corrected chi connectivity index (χ0v) is 39.4. The van der Waals surface area contributed by atoms with Crippen molar-refractivity contribution in [1.82, 2.24) is 0 Å². The van der Waals surface area contributed by atoms with E-state index in [4.69, 9.17) is 0 Å². The van der Waals surface area contributed by atoms with Crippen LogP contribution < -0.4 is 0 Å². The first-order valence-corrected chi connectivity index (χ1v) is 19.5. The van der Waals surface area contributed by atoms with Crippen molar-refractivity contribution in [1.29, 1.82) is 0 Å². The van der Waals surface area contributed by atoms with Crippen LogP contribution in [-0.4, -0.2) is 0 Å². The summed E-state index contributed by atoms with van der Waals surface area (Å²) in [6, 6.07) is 0. The topological polar surface area (TPSA) is 0 Å². The monoisotopic (exact) mass is 940 g/mol. The van der Waals surface area contributed by atoms with E-state index in [9.17, 15) is 0 Å². The second-order valence-electron chi connectivity index (χ2n) is 9.60. The molecule has 0 radical (unpaired) electrons. The van der Waals surface area contributed by atoms with E-state index in [0.717, 1.165) is 0 Å². The van der Waals surface area contributed by atoms with Crippen LogP contribution in [0.1, 0.15) is 0 Å². The maximum absolute atomic E-state index is 3.32. The third-order valence-electron chi connectivity index (χ3n) is 4.74. The highest BCUT2D eigenvalue weighted by molar-refractivity contribution is 5.00. The molecule has 0 aliphatic carbocycles. The van der Waals surface area contributed by atoms with Crippen molar-refractivity contribution in [3.8, 4) is 0 Å². The summed E-state index contributed by atoms with van der Waals surface area (Å²) in [6.45, 7) is 6.63. The van der Waals surface area contributed by atoms with E-state index in [1.807, 2.05) is 0 Å². The molecule has 0 bridgehead atoms. The van der Waals surface area contributed by atoms with Crippen molar-refractivity contribution in [3.05, 3.63) is 449 Å². The van der Waals surface area contributed by atoms with E-state index in [1.165, 1.54) is 0 Å². The van der Waals surface area contributed by atoms with Gasteiger partial charge in [0.1, 0.15) is 0 Å². The van der Waals surface area contributed by atoms with Crippen LogP contribution in [0.5, 0.6) is 0 Å². The molecule has 0 amide bonds. The molecule has 0 aliphatic rings. The third-order valence-corrected chi connectivity index (χ3v) is 4.74. The molecule has 0 fully saturated rings. The lowest BCUT2D eigenvalue weighted by atomic mass is 10.6. The lowest BCUT2D eigenvalue weighted by Crippen LogP contribution is -1.26. The molecule has 0 heteroatoms. The standard InChI is InChI=1S/C78H4/c1-3-5-7-9-11-13-15-17-19-21-23-25-27-29-31-33-35-37-39-41-43-45-47-49-51-53-55-57-59-61-63-65-67-69-71-73-75-77-78-76-74-72-70-68-66-64-62-60-58-56-54-52-50-48-46-44-42-40-38-36-34-32-30-28-26-24-22-20-18-16-14-12-10-8-6-4-2/h1-2H2. The minimum Gasteiger partial charge on any atom is -0.0687 e. The minimum atomic E-state index is 2.37. The second kappa shape index (κ2) is 60.0. The van der Waals surface area contributed by atoms with Crippen molar-refractivity contribution in [2.75, 3.05) is 0 Å². The fourth-order valence-corrected chi connectivity index (χ4v) is 2.34. The first-order chi connectivity index (χ1) is 38.9. The van der Waals surface area contributed by atoms with E-state index in [2.05, 4.69) is 449 Å². The third kappa shape index (κ3) is 59.0. The van der Waals surface area contributed by atoms with Crippen LogP contribution in [0, 0.1) is 0 Å². The maximum atomic E-state index is 3.32. The molecule has 0 N–H and O–H groups in total. The lowest BCUT2D eigenvalue weighted by Gasteiger charge is -1.41. The van der Waals surface area contributed by atoms with Gasteiger partial charge in [0.2, 0.25) is 0 Å². The van der Waals surface area contributed by atoms with Crippen molar-refractivity contribution in [2.24, 2.45) is 0 Å². The summed E-state index contributed by atoms with van der Waals surface area (Å²) in [7, 11) is 0. The molecule has 78 heavy (non-hydrogen) atoms. The molecule has 0 aromatic heterocycles. The Labute approximate surface area is 446 Å². The fourth-order valence-electron chi connectivity index (χ4n) is 2.34. The average Bonchev–Trinajstić information content (AvgIpc) is 3.45. The number of hydrogen-bond acceptors (Lipinski definition) is 0. The van der Waals surface area contributed by atoms with Gasteiger partial charge in [-0.2, -0.15) is 0 Å². The Morgan fingerprint density at radius 1 is 0.0641 bits per heavy atom. The zero-order valence-electron chi connectivity index (χ0n) is 39.4. The quantitative estimate of drug-likeness (QED) is 0.212. The number of hydrogen-bond donors (Lipinski definition) is 0. The van der Waals surface area contributed by atoms with Gasteiger partial charge in [-0.1, -0.05) is 11.5 Å². The van der Waals surface area contributed by atoms with Crippen molar-refractivity contribution >= 4 is 0 Å². The van der Waals surface area contributed by atoms with Gasteiger partial charge < -0.3 is 0 Å². The highest BCUT2D eigenvalue weighted by atomic mass is 13.5. The van der Waals surface area contributed by atoms with E-state index >= 15 is 0 Å². The Morgan fingerprint density at radius 3 is 0.141 bits per heavy atom. The Hall–Kier alpha value is -17.0. The van der Waals surface area contributed by atoms with Crippen molar-refractivity contribution < 1.29 is 0 Å². The van der Waals surface area contributed by atoms with Crippen LogP contribution in [0.25, 0.3) is 0 Å². The molecule has 0 nitrogen and oxygen atoms in total. The van der Waals surface area contributed by atoms with Crippen LogP contribution >= 0.6 is 0 Å². The highest BCUT2D eigenvalue weighted by Gasteiger charge is 1.48. The largest absolute Gasteiger partial charge is 0.0687 e. The van der Waals surface area contributed by atoms with E-state index in [1.54, 1.807) is 0 Å². The number of rotatable bonds is 0. The SMILES string of the molecule is C=C=C=C=C=C=C=C=C=C=C=C=C=C=C=C=C=C=C=C=C=C=C=C=C=C=C=C=C=C=C=C=C=C=C=C=C=C=C=C=C=C=C=C=C=C=C=C=C=C=C=C=C=C=C=C=C=C=C=C=C=C=C=C=C=C=C=C=C=C=C=C=C=C=C=C=C=C. The van der Waals surface area contributed by atoms with Crippen molar-refractivity contribution in [2.45, 2.75) is 0 Å². The lowest BCUT2D eigenvalue weighted by molar-refractivity contribution is 2.10. The molecule has 0 rings (SSSR count). The van der Waals surface area contributed by atoms with Gasteiger partial charge in [-0.25, -0.2) is 0 Å². The summed E-state index contributed by atoms with van der Waals surface area (Å²) in [6.07, 6.45) is 0. The van der Waals surface area contributed by atoms with Crippen LogP contribution in [0.3, 0.4) is 0 Å². The molecule has 0 spiro atoms. The van der Waals surface area contributed by atoms with E-state index in [0.29, 0.717) is 0 Å². The van der Waals surface area contributed by atoms with Crippen LogP contribution in [0.15, 0.2) is 449 Å².